The molecule has 1 amide bonds. The van der Waals surface area contributed by atoms with Crippen LogP contribution in [0.2, 0.25) is 0 Å². The lowest BCUT2D eigenvalue weighted by Crippen LogP contribution is -2.10. The molecule has 0 aromatic heterocycles. The predicted molar refractivity (Wildman–Crippen MR) is 42.9 cm³/mol. The third kappa shape index (κ3) is 6.77. The van der Waals surface area contributed by atoms with Crippen LogP contribution in [0.4, 0.5) is 0 Å². The summed E-state index contributed by atoms with van der Waals surface area (Å²) >= 11 is 0. The number of rotatable bonds is 5. The maximum atomic E-state index is 10.8. The van der Waals surface area contributed by atoms with Gasteiger partial charge < -0.3 is 5.73 Å². The molecular formula is C8H13NO2. The van der Waals surface area contributed by atoms with Gasteiger partial charge in [-0.2, -0.15) is 0 Å². The summed E-state index contributed by atoms with van der Waals surface area (Å²) < 4.78 is 0. The summed E-state index contributed by atoms with van der Waals surface area (Å²) in [4.78, 5) is 21.0. The highest BCUT2D eigenvalue weighted by Gasteiger charge is 1.98. The number of hydrogen-bond acceptors (Lipinski definition) is 2. The van der Waals surface area contributed by atoms with E-state index < -0.39 is 0 Å². The summed E-state index contributed by atoms with van der Waals surface area (Å²) in [7, 11) is 0. The van der Waals surface area contributed by atoms with Crippen molar-refractivity contribution in [2.24, 2.45) is 5.73 Å². The second-order valence-electron chi connectivity index (χ2n) is 2.29. The molecule has 0 heterocycles. The summed E-state index contributed by atoms with van der Waals surface area (Å²) in [6.45, 7) is 1.78. The first-order valence-corrected chi connectivity index (χ1v) is 3.60. The number of hydrogen-bond donors (Lipinski definition) is 1. The largest absolute Gasteiger partial charge is 0.370 e. The zero-order valence-corrected chi connectivity index (χ0v) is 6.67. The van der Waals surface area contributed by atoms with Gasteiger partial charge in [0.25, 0.3) is 0 Å². The first kappa shape index (κ1) is 9.88. The summed E-state index contributed by atoms with van der Waals surface area (Å²) in [6.07, 6.45) is 4.45. The number of nitrogens with two attached hydrogens (primary N) is 1. The van der Waals surface area contributed by atoms with E-state index in [0.717, 1.165) is 0 Å². The van der Waals surface area contributed by atoms with E-state index >= 15 is 0 Å². The quantitative estimate of drug-likeness (QED) is 0.596. The lowest BCUT2D eigenvalue weighted by Gasteiger charge is -1.92. The van der Waals surface area contributed by atoms with Crippen LogP contribution in [0.5, 0.6) is 0 Å². The molecule has 3 nitrogen and oxygen atoms in total. The molecule has 11 heavy (non-hydrogen) atoms. The maximum absolute atomic E-state index is 10.8. The molecule has 0 rings (SSSR count). The molecule has 62 valence electrons. The smallest absolute Gasteiger partial charge is 0.217 e. The van der Waals surface area contributed by atoms with Crippen molar-refractivity contribution in [3.8, 4) is 0 Å². The molecule has 0 fully saturated rings. The monoisotopic (exact) mass is 155 g/mol. The van der Waals surface area contributed by atoms with Gasteiger partial charge >= 0.3 is 0 Å². The predicted octanol–water partition coefficient (Wildman–Crippen LogP) is 0.787. The number of allylic oxidation sites excluding steroid dienone is 2. The van der Waals surface area contributed by atoms with Gasteiger partial charge in [-0.15, -0.1) is 0 Å². The molecule has 0 aliphatic carbocycles. The number of amides is 1. The van der Waals surface area contributed by atoms with Crippen molar-refractivity contribution in [3.05, 3.63) is 12.2 Å². The van der Waals surface area contributed by atoms with Crippen molar-refractivity contribution in [1.29, 1.82) is 0 Å². The Kier molecular flexibility index (Phi) is 5.07. The summed E-state index contributed by atoms with van der Waals surface area (Å²) in [6, 6.07) is 0. The maximum Gasteiger partial charge on any atom is 0.217 e. The molecule has 0 radical (unpaired) electrons. The SMILES string of the molecule is C/C=C/C(=O)CCCC(N)=O. The number of carbonyl (C=O) groups is 2. The fourth-order valence-electron chi connectivity index (χ4n) is 0.706. The van der Waals surface area contributed by atoms with Gasteiger partial charge in [-0.05, 0) is 19.4 Å². The molecule has 0 atom stereocenters. The Morgan fingerprint density at radius 3 is 2.45 bits per heavy atom. The van der Waals surface area contributed by atoms with Crippen LogP contribution in [-0.2, 0) is 9.59 Å². The first-order chi connectivity index (χ1) is 5.16. The zero-order chi connectivity index (χ0) is 8.69. The van der Waals surface area contributed by atoms with Gasteiger partial charge in [-0.25, -0.2) is 0 Å². The van der Waals surface area contributed by atoms with Gasteiger partial charge in [-0.1, -0.05) is 6.08 Å². The minimum atomic E-state index is -0.349. The fraction of sp³-hybridized carbons (Fsp3) is 0.500. The summed E-state index contributed by atoms with van der Waals surface area (Å²) in [5.41, 5.74) is 4.88. The Hall–Kier alpha value is -1.12. The van der Waals surface area contributed by atoms with E-state index in [4.69, 9.17) is 5.73 Å². The van der Waals surface area contributed by atoms with Crippen LogP contribution in [-0.4, -0.2) is 11.7 Å². The normalized spacial score (nSPS) is 10.3. The van der Waals surface area contributed by atoms with Gasteiger partial charge in [0.2, 0.25) is 5.91 Å². The van der Waals surface area contributed by atoms with Crippen LogP contribution in [0.3, 0.4) is 0 Å². The van der Waals surface area contributed by atoms with E-state index in [1.807, 2.05) is 0 Å². The fourth-order valence-corrected chi connectivity index (χ4v) is 0.706. The van der Waals surface area contributed by atoms with Gasteiger partial charge in [-0.3, -0.25) is 9.59 Å². The van der Waals surface area contributed by atoms with Gasteiger partial charge in [0.15, 0.2) is 5.78 Å². The lowest BCUT2D eigenvalue weighted by atomic mass is 10.1. The van der Waals surface area contributed by atoms with Crippen molar-refractivity contribution < 1.29 is 9.59 Å². The van der Waals surface area contributed by atoms with E-state index in [-0.39, 0.29) is 11.7 Å². The van der Waals surface area contributed by atoms with Crippen LogP contribution >= 0.6 is 0 Å². The standard InChI is InChI=1S/C8H13NO2/c1-2-4-7(10)5-3-6-8(9)11/h2,4H,3,5-6H2,1H3,(H2,9,11)/b4-2+. The number of primary amides is 1. The van der Waals surface area contributed by atoms with Crippen molar-refractivity contribution in [2.75, 3.05) is 0 Å². The number of carbonyl (C=O) groups excluding carboxylic acids is 2. The Morgan fingerprint density at radius 2 is 2.00 bits per heavy atom. The van der Waals surface area contributed by atoms with E-state index in [2.05, 4.69) is 0 Å². The van der Waals surface area contributed by atoms with Crippen molar-refractivity contribution in [2.45, 2.75) is 26.2 Å². The second kappa shape index (κ2) is 5.65. The Bertz CT molecular complexity index is 173. The molecule has 0 aromatic carbocycles. The van der Waals surface area contributed by atoms with Crippen LogP contribution in [0.15, 0.2) is 12.2 Å². The van der Waals surface area contributed by atoms with Crippen LogP contribution < -0.4 is 5.73 Å². The molecule has 0 saturated heterocycles. The Balaban J connectivity index is 3.39. The third-order valence-corrected chi connectivity index (χ3v) is 1.20. The third-order valence-electron chi connectivity index (χ3n) is 1.20. The van der Waals surface area contributed by atoms with Crippen LogP contribution in [0, 0.1) is 0 Å². The lowest BCUT2D eigenvalue weighted by molar-refractivity contribution is -0.118. The molecule has 0 aromatic rings. The highest BCUT2D eigenvalue weighted by molar-refractivity contribution is 5.89. The molecule has 3 heteroatoms. The average molecular weight is 155 g/mol. The van der Waals surface area contributed by atoms with Gasteiger partial charge in [0, 0.05) is 12.8 Å². The number of ketones is 1. The van der Waals surface area contributed by atoms with Crippen LogP contribution in [0.25, 0.3) is 0 Å². The Labute approximate surface area is 66.3 Å². The van der Waals surface area contributed by atoms with Crippen molar-refractivity contribution in [1.82, 2.24) is 0 Å². The van der Waals surface area contributed by atoms with Crippen molar-refractivity contribution in [3.63, 3.8) is 0 Å². The molecular weight excluding hydrogens is 142 g/mol. The molecule has 0 saturated carbocycles. The van der Waals surface area contributed by atoms with Crippen molar-refractivity contribution >= 4 is 11.7 Å². The topological polar surface area (TPSA) is 60.2 Å². The zero-order valence-electron chi connectivity index (χ0n) is 6.67. The molecule has 0 aliphatic rings. The van der Waals surface area contributed by atoms with E-state index in [0.29, 0.717) is 19.3 Å². The minimum Gasteiger partial charge on any atom is -0.370 e. The average Bonchev–Trinajstić information content (AvgIpc) is 1.87. The minimum absolute atomic E-state index is 0.0498. The second-order valence-corrected chi connectivity index (χ2v) is 2.29. The van der Waals surface area contributed by atoms with Gasteiger partial charge in [0.05, 0.1) is 0 Å². The van der Waals surface area contributed by atoms with E-state index in [9.17, 15) is 9.59 Å². The molecule has 0 spiro atoms. The van der Waals surface area contributed by atoms with Gasteiger partial charge in [0.1, 0.15) is 0 Å². The van der Waals surface area contributed by atoms with E-state index in [1.54, 1.807) is 13.0 Å². The molecule has 2 N–H and O–H groups in total. The Morgan fingerprint density at radius 1 is 1.36 bits per heavy atom. The summed E-state index contributed by atoms with van der Waals surface area (Å²) in [5, 5.41) is 0. The van der Waals surface area contributed by atoms with Crippen LogP contribution in [0.1, 0.15) is 26.2 Å². The molecule has 0 bridgehead atoms. The first-order valence-electron chi connectivity index (χ1n) is 3.60. The molecule has 0 unspecified atom stereocenters. The van der Waals surface area contributed by atoms with E-state index in [1.165, 1.54) is 6.08 Å². The summed E-state index contributed by atoms with van der Waals surface area (Å²) in [5.74, 6) is -0.299. The highest BCUT2D eigenvalue weighted by Crippen LogP contribution is 1.96. The molecule has 0 aliphatic heterocycles. The highest BCUT2D eigenvalue weighted by atomic mass is 16.1.